The van der Waals surface area contributed by atoms with Gasteiger partial charge < -0.3 is 21.1 Å². The standard InChI is InChI=1S/C16H29N5O4S/c17-21-13(22)7-2-1-3-8-18-10(15(23)24)5-4-6-12-14-11(9-26-12)19-16(25)20-14/h10-12,14,18H,1-9,17H2,(H,21,22)(H,23,24)(H2,19,20,25)/t10?,11-,12-,14-/m0/s1. The molecule has 0 bridgehead atoms. The van der Waals surface area contributed by atoms with E-state index < -0.39 is 12.0 Å². The Hall–Kier alpha value is -1.52. The molecule has 9 nitrogen and oxygen atoms in total. The van der Waals surface area contributed by atoms with Crippen LogP contribution < -0.4 is 27.2 Å². The number of nitrogens with two attached hydrogens (primary N) is 1. The second-order valence-corrected chi connectivity index (χ2v) is 8.05. The molecule has 2 aliphatic heterocycles. The predicted molar refractivity (Wildman–Crippen MR) is 99.6 cm³/mol. The molecule has 2 fully saturated rings. The van der Waals surface area contributed by atoms with Crippen LogP contribution in [0.15, 0.2) is 0 Å². The van der Waals surface area contributed by atoms with Gasteiger partial charge in [-0.2, -0.15) is 11.8 Å². The van der Waals surface area contributed by atoms with E-state index in [1.165, 1.54) is 0 Å². The zero-order valence-corrected chi connectivity index (χ0v) is 15.6. The molecule has 0 aromatic carbocycles. The van der Waals surface area contributed by atoms with E-state index in [9.17, 15) is 19.5 Å². The van der Waals surface area contributed by atoms with Crippen LogP contribution in [0.5, 0.6) is 0 Å². The molecule has 2 saturated heterocycles. The SMILES string of the molecule is NNC(=O)CCCCCNC(CCC[C@@H]1SC[C@@H]2NC(=O)N[C@@H]21)C(=O)O. The molecular weight excluding hydrogens is 358 g/mol. The van der Waals surface area contributed by atoms with Gasteiger partial charge >= 0.3 is 12.0 Å². The first-order valence-corrected chi connectivity index (χ1v) is 10.2. The summed E-state index contributed by atoms with van der Waals surface area (Å²) >= 11 is 1.84. The van der Waals surface area contributed by atoms with Gasteiger partial charge in [-0.25, -0.2) is 10.6 Å². The van der Waals surface area contributed by atoms with Crippen molar-refractivity contribution in [3.05, 3.63) is 0 Å². The quantitative estimate of drug-likeness (QED) is 0.0902. The summed E-state index contributed by atoms with van der Waals surface area (Å²) in [6.45, 7) is 0.615. The molecule has 2 rings (SSSR count). The summed E-state index contributed by atoms with van der Waals surface area (Å²) in [5.74, 6) is 4.91. The fourth-order valence-electron chi connectivity index (χ4n) is 3.41. The fraction of sp³-hybridized carbons (Fsp3) is 0.812. The lowest BCUT2D eigenvalue weighted by Gasteiger charge is -2.18. The molecule has 0 aliphatic carbocycles. The number of unbranched alkanes of at least 4 members (excludes halogenated alkanes) is 2. The van der Waals surface area contributed by atoms with Crippen LogP contribution >= 0.6 is 11.8 Å². The van der Waals surface area contributed by atoms with Crippen LogP contribution in [0.3, 0.4) is 0 Å². The third-order valence-electron chi connectivity index (χ3n) is 4.85. The highest BCUT2D eigenvalue weighted by Gasteiger charge is 2.42. The summed E-state index contributed by atoms with van der Waals surface area (Å²) in [6.07, 6.45) is 5.07. The van der Waals surface area contributed by atoms with Crippen molar-refractivity contribution >= 4 is 29.7 Å². The van der Waals surface area contributed by atoms with E-state index in [2.05, 4.69) is 21.4 Å². The number of thioether (sulfide) groups is 1. The smallest absolute Gasteiger partial charge is 0.320 e. The van der Waals surface area contributed by atoms with E-state index in [4.69, 9.17) is 5.84 Å². The van der Waals surface area contributed by atoms with Crippen molar-refractivity contribution in [1.29, 1.82) is 0 Å². The van der Waals surface area contributed by atoms with Crippen LogP contribution in [0.25, 0.3) is 0 Å². The minimum atomic E-state index is -0.833. The Bertz CT molecular complexity index is 507. The number of rotatable bonds is 12. The van der Waals surface area contributed by atoms with Crippen LogP contribution in [0.2, 0.25) is 0 Å². The van der Waals surface area contributed by atoms with Gasteiger partial charge in [0, 0.05) is 17.4 Å². The molecule has 3 amide bonds. The first kappa shape index (κ1) is 20.8. The maximum Gasteiger partial charge on any atom is 0.320 e. The molecule has 0 radical (unpaired) electrons. The second-order valence-electron chi connectivity index (χ2n) is 6.78. The maximum atomic E-state index is 11.4. The van der Waals surface area contributed by atoms with E-state index in [0.717, 1.165) is 37.9 Å². The van der Waals surface area contributed by atoms with Gasteiger partial charge in [0.1, 0.15) is 6.04 Å². The van der Waals surface area contributed by atoms with Gasteiger partial charge in [0.2, 0.25) is 5.91 Å². The Balaban J connectivity index is 1.58. The minimum absolute atomic E-state index is 0.0978. The largest absolute Gasteiger partial charge is 0.480 e. The van der Waals surface area contributed by atoms with Crippen molar-refractivity contribution in [2.24, 2.45) is 5.84 Å². The van der Waals surface area contributed by atoms with Gasteiger partial charge in [0.05, 0.1) is 12.1 Å². The second kappa shape index (κ2) is 10.6. The summed E-state index contributed by atoms with van der Waals surface area (Å²) in [7, 11) is 0. The Morgan fingerprint density at radius 1 is 1.27 bits per heavy atom. The predicted octanol–water partition coefficient (Wildman–Crippen LogP) is -0.0848. The number of fused-ring (bicyclic) bond motifs is 1. The average molecular weight is 388 g/mol. The summed E-state index contributed by atoms with van der Waals surface area (Å²) in [5, 5.41) is 18.7. The number of amides is 3. The first-order chi connectivity index (χ1) is 12.5. The summed E-state index contributed by atoms with van der Waals surface area (Å²) in [6, 6.07) is -0.290. The molecule has 7 N–H and O–H groups in total. The highest BCUT2D eigenvalue weighted by atomic mass is 32.2. The lowest BCUT2D eigenvalue weighted by atomic mass is 10.0. The zero-order valence-electron chi connectivity index (χ0n) is 14.8. The Labute approximate surface area is 157 Å². The lowest BCUT2D eigenvalue weighted by molar-refractivity contribution is -0.139. The maximum absolute atomic E-state index is 11.4. The molecule has 0 aromatic heterocycles. The first-order valence-electron chi connectivity index (χ1n) is 9.15. The van der Waals surface area contributed by atoms with Gasteiger partial charge in [-0.05, 0) is 32.2 Å². The molecular formula is C16H29N5O4S. The molecule has 0 aromatic rings. The molecule has 0 saturated carbocycles. The van der Waals surface area contributed by atoms with Gasteiger partial charge in [-0.1, -0.05) is 12.8 Å². The third kappa shape index (κ3) is 6.33. The minimum Gasteiger partial charge on any atom is -0.480 e. The Morgan fingerprint density at radius 3 is 2.81 bits per heavy atom. The monoisotopic (exact) mass is 387 g/mol. The number of carboxylic acids is 1. The highest BCUT2D eigenvalue weighted by molar-refractivity contribution is 8.00. The molecule has 26 heavy (non-hydrogen) atoms. The van der Waals surface area contributed by atoms with Gasteiger partial charge in [-0.3, -0.25) is 15.0 Å². The molecule has 0 spiro atoms. The zero-order chi connectivity index (χ0) is 18.9. The summed E-state index contributed by atoms with van der Waals surface area (Å²) < 4.78 is 0. The highest BCUT2D eigenvalue weighted by Crippen LogP contribution is 2.33. The van der Waals surface area contributed by atoms with Crippen molar-refractivity contribution in [2.75, 3.05) is 12.3 Å². The number of carbonyl (C=O) groups excluding carboxylic acids is 2. The number of carbonyl (C=O) groups is 3. The number of hydrazine groups is 1. The topological polar surface area (TPSA) is 146 Å². The van der Waals surface area contributed by atoms with Crippen molar-refractivity contribution in [1.82, 2.24) is 21.4 Å². The van der Waals surface area contributed by atoms with Crippen LogP contribution in [-0.2, 0) is 9.59 Å². The van der Waals surface area contributed by atoms with Crippen LogP contribution in [0.1, 0.15) is 44.9 Å². The number of aliphatic carboxylic acids is 1. The van der Waals surface area contributed by atoms with E-state index >= 15 is 0 Å². The van der Waals surface area contributed by atoms with E-state index in [-0.39, 0.29) is 24.0 Å². The van der Waals surface area contributed by atoms with Crippen LogP contribution in [0, 0.1) is 0 Å². The number of hydrogen-bond acceptors (Lipinski definition) is 6. The van der Waals surface area contributed by atoms with E-state index in [1.54, 1.807) is 0 Å². The van der Waals surface area contributed by atoms with Gasteiger partial charge in [0.25, 0.3) is 0 Å². The normalized spacial score (nSPS) is 25.3. The third-order valence-corrected chi connectivity index (χ3v) is 6.36. The molecule has 4 atom stereocenters. The van der Waals surface area contributed by atoms with E-state index in [0.29, 0.717) is 24.6 Å². The van der Waals surface area contributed by atoms with E-state index in [1.807, 2.05) is 11.8 Å². The Kier molecular flexibility index (Phi) is 8.46. The molecule has 148 valence electrons. The van der Waals surface area contributed by atoms with Crippen molar-refractivity contribution in [3.8, 4) is 0 Å². The van der Waals surface area contributed by atoms with Crippen molar-refractivity contribution in [3.63, 3.8) is 0 Å². The Morgan fingerprint density at radius 2 is 2.08 bits per heavy atom. The molecule has 2 aliphatic rings. The van der Waals surface area contributed by atoms with Crippen LogP contribution in [0.4, 0.5) is 4.79 Å². The lowest BCUT2D eigenvalue weighted by Crippen LogP contribution is -2.38. The van der Waals surface area contributed by atoms with Crippen molar-refractivity contribution in [2.45, 2.75) is 68.3 Å². The van der Waals surface area contributed by atoms with Crippen molar-refractivity contribution < 1.29 is 19.5 Å². The van der Waals surface area contributed by atoms with Crippen LogP contribution in [-0.4, -0.2) is 58.7 Å². The number of carboxylic acid groups (broad SMARTS) is 1. The average Bonchev–Trinajstić information content (AvgIpc) is 3.15. The number of urea groups is 1. The van der Waals surface area contributed by atoms with Gasteiger partial charge in [-0.15, -0.1) is 0 Å². The fourth-order valence-corrected chi connectivity index (χ4v) is 4.96. The molecule has 10 heteroatoms. The molecule has 1 unspecified atom stereocenters. The number of nitrogens with one attached hydrogen (secondary N) is 4. The summed E-state index contributed by atoms with van der Waals surface area (Å²) in [4.78, 5) is 33.8. The summed E-state index contributed by atoms with van der Waals surface area (Å²) in [5.41, 5.74) is 2.09. The number of hydrogen-bond donors (Lipinski definition) is 6. The van der Waals surface area contributed by atoms with Gasteiger partial charge in [0.15, 0.2) is 0 Å². The molecule has 2 heterocycles.